The van der Waals surface area contributed by atoms with Gasteiger partial charge in [-0.05, 0) is 13.0 Å². The molecule has 0 unspecified atom stereocenters. The number of hydrogen-bond acceptors (Lipinski definition) is 5. The van der Waals surface area contributed by atoms with Gasteiger partial charge in [-0.15, -0.1) is 0 Å². The van der Waals surface area contributed by atoms with Gasteiger partial charge in [0.15, 0.2) is 11.5 Å². The van der Waals surface area contributed by atoms with Crippen molar-refractivity contribution in [1.29, 1.82) is 0 Å². The molecule has 18 heavy (non-hydrogen) atoms. The molecule has 1 N–H and O–H groups in total. The van der Waals surface area contributed by atoms with E-state index >= 15 is 0 Å². The molecule has 2 aromatic rings. The summed E-state index contributed by atoms with van der Waals surface area (Å²) in [5.41, 5.74) is 0.897. The average molecular weight is 250 g/mol. The predicted octanol–water partition coefficient (Wildman–Crippen LogP) is 1.49. The molecule has 0 aliphatic heterocycles. The van der Waals surface area contributed by atoms with Crippen molar-refractivity contribution in [2.45, 2.75) is 26.5 Å². The Hall–Kier alpha value is -1.82. The molecule has 2 heterocycles. The van der Waals surface area contributed by atoms with Crippen LogP contribution in [0, 0.1) is 0 Å². The number of nitrogens with zero attached hydrogens (tertiary/aromatic N) is 3. The molecule has 0 spiro atoms. The molecule has 0 aliphatic carbocycles. The monoisotopic (exact) mass is 250 g/mol. The van der Waals surface area contributed by atoms with E-state index in [1.165, 1.54) is 0 Å². The molecule has 2 rings (SSSR count). The first kappa shape index (κ1) is 12.6. The van der Waals surface area contributed by atoms with Crippen molar-refractivity contribution in [3.05, 3.63) is 29.9 Å². The minimum Gasteiger partial charge on any atom is -0.482 e. The summed E-state index contributed by atoms with van der Waals surface area (Å²) >= 11 is 0. The highest BCUT2D eigenvalue weighted by atomic mass is 16.5. The van der Waals surface area contributed by atoms with E-state index in [1.54, 1.807) is 17.1 Å². The quantitative estimate of drug-likeness (QED) is 0.754. The first-order valence-electron chi connectivity index (χ1n) is 6.04. The van der Waals surface area contributed by atoms with E-state index in [-0.39, 0.29) is 0 Å². The van der Waals surface area contributed by atoms with Crippen LogP contribution in [0.15, 0.2) is 23.0 Å². The largest absolute Gasteiger partial charge is 0.482 e. The lowest BCUT2D eigenvalue weighted by atomic mass is 10.3. The maximum Gasteiger partial charge on any atom is 0.174 e. The van der Waals surface area contributed by atoms with E-state index in [0.717, 1.165) is 31.0 Å². The van der Waals surface area contributed by atoms with E-state index in [2.05, 4.69) is 22.5 Å². The lowest BCUT2D eigenvalue weighted by molar-refractivity contribution is 0.248. The summed E-state index contributed by atoms with van der Waals surface area (Å²) in [7, 11) is 1.85. The van der Waals surface area contributed by atoms with Gasteiger partial charge in [0.05, 0.1) is 18.1 Å². The van der Waals surface area contributed by atoms with Gasteiger partial charge in [-0.3, -0.25) is 4.68 Å². The van der Waals surface area contributed by atoms with Gasteiger partial charge in [0.2, 0.25) is 0 Å². The summed E-state index contributed by atoms with van der Waals surface area (Å²) < 4.78 is 12.4. The Morgan fingerprint density at radius 2 is 2.39 bits per heavy atom. The smallest absolute Gasteiger partial charge is 0.174 e. The fourth-order valence-electron chi connectivity index (χ4n) is 1.53. The van der Waals surface area contributed by atoms with Crippen LogP contribution in [-0.4, -0.2) is 21.5 Å². The predicted molar refractivity (Wildman–Crippen MR) is 66.0 cm³/mol. The number of rotatable bonds is 7. The molecule has 0 aliphatic rings. The second kappa shape index (κ2) is 6.20. The Labute approximate surface area is 106 Å². The molecule has 0 atom stereocenters. The summed E-state index contributed by atoms with van der Waals surface area (Å²) in [6.45, 7) is 4.20. The van der Waals surface area contributed by atoms with Crippen molar-refractivity contribution in [3.8, 4) is 5.75 Å². The Morgan fingerprint density at radius 3 is 3.11 bits per heavy atom. The van der Waals surface area contributed by atoms with E-state index in [0.29, 0.717) is 12.4 Å². The van der Waals surface area contributed by atoms with E-state index < -0.39 is 0 Å². The van der Waals surface area contributed by atoms with Crippen molar-refractivity contribution in [2.75, 3.05) is 6.54 Å². The highest BCUT2D eigenvalue weighted by Gasteiger charge is 2.05. The van der Waals surface area contributed by atoms with Crippen molar-refractivity contribution in [1.82, 2.24) is 20.3 Å². The number of aromatic nitrogens is 3. The molecule has 6 heteroatoms. The molecule has 0 saturated heterocycles. The first-order valence-corrected chi connectivity index (χ1v) is 6.04. The molecular weight excluding hydrogens is 232 g/mol. The maximum absolute atomic E-state index is 5.51. The Kier molecular flexibility index (Phi) is 4.35. The van der Waals surface area contributed by atoms with Crippen LogP contribution >= 0.6 is 0 Å². The zero-order valence-electron chi connectivity index (χ0n) is 10.7. The molecule has 0 radical (unpaired) electrons. The summed E-state index contributed by atoms with van der Waals surface area (Å²) in [4.78, 5) is 0. The molecule has 2 aromatic heterocycles. The molecule has 0 fully saturated rings. The van der Waals surface area contributed by atoms with Crippen LogP contribution in [0.2, 0.25) is 0 Å². The van der Waals surface area contributed by atoms with Gasteiger partial charge in [-0.1, -0.05) is 12.1 Å². The molecule has 0 aromatic carbocycles. The normalized spacial score (nSPS) is 10.8. The molecule has 6 nitrogen and oxygen atoms in total. The average Bonchev–Trinajstić information content (AvgIpc) is 2.96. The minimum absolute atomic E-state index is 0.368. The third-order valence-electron chi connectivity index (χ3n) is 2.40. The van der Waals surface area contributed by atoms with Crippen LogP contribution in [0.3, 0.4) is 0 Å². The third kappa shape index (κ3) is 3.59. The van der Waals surface area contributed by atoms with Gasteiger partial charge < -0.3 is 14.6 Å². The van der Waals surface area contributed by atoms with E-state index in [9.17, 15) is 0 Å². The van der Waals surface area contributed by atoms with Gasteiger partial charge in [-0.25, -0.2) is 0 Å². The van der Waals surface area contributed by atoms with Gasteiger partial charge in [-0.2, -0.15) is 5.10 Å². The van der Waals surface area contributed by atoms with Crippen molar-refractivity contribution >= 4 is 0 Å². The highest BCUT2D eigenvalue weighted by Crippen LogP contribution is 2.11. The van der Waals surface area contributed by atoms with Gasteiger partial charge in [0, 0.05) is 19.7 Å². The fourth-order valence-corrected chi connectivity index (χ4v) is 1.53. The standard InChI is InChI=1S/C12H18N4O2/c1-3-4-13-6-10-5-11(18-15-10)9-17-12-7-14-16(2)8-12/h5,7-8,13H,3-4,6,9H2,1-2H3. The van der Waals surface area contributed by atoms with Crippen LogP contribution < -0.4 is 10.1 Å². The summed E-state index contributed by atoms with van der Waals surface area (Å²) in [6, 6.07) is 1.90. The maximum atomic E-state index is 5.51. The van der Waals surface area contributed by atoms with E-state index in [4.69, 9.17) is 9.26 Å². The Morgan fingerprint density at radius 1 is 1.50 bits per heavy atom. The lowest BCUT2D eigenvalue weighted by Crippen LogP contribution is -2.13. The number of nitrogens with one attached hydrogen (secondary N) is 1. The number of ether oxygens (including phenoxy) is 1. The van der Waals surface area contributed by atoms with Crippen LogP contribution in [0.25, 0.3) is 0 Å². The van der Waals surface area contributed by atoms with Gasteiger partial charge in [0.1, 0.15) is 6.61 Å². The minimum atomic E-state index is 0.368. The summed E-state index contributed by atoms with van der Waals surface area (Å²) in [5, 5.41) is 11.3. The lowest BCUT2D eigenvalue weighted by Gasteiger charge is -1.98. The second-order valence-electron chi connectivity index (χ2n) is 4.10. The van der Waals surface area contributed by atoms with Crippen molar-refractivity contribution < 1.29 is 9.26 Å². The second-order valence-corrected chi connectivity index (χ2v) is 4.10. The fraction of sp³-hybridized carbons (Fsp3) is 0.500. The molecule has 98 valence electrons. The Balaban J connectivity index is 1.79. The van der Waals surface area contributed by atoms with Crippen LogP contribution in [0.1, 0.15) is 24.8 Å². The molecule has 0 amide bonds. The van der Waals surface area contributed by atoms with Gasteiger partial charge >= 0.3 is 0 Å². The molecule has 0 saturated carbocycles. The molecule has 0 bridgehead atoms. The first-order chi connectivity index (χ1) is 8.78. The summed E-state index contributed by atoms with van der Waals surface area (Å²) in [5.74, 6) is 1.44. The van der Waals surface area contributed by atoms with Crippen LogP contribution in [0.4, 0.5) is 0 Å². The SMILES string of the molecule is CCCNCc1cc(COc2cnn(C)c2)on1. The zero-order valence-corrected chi connectivity index (χ0v) is 10.7. The highest BCUT2D eigenvalue weighted by molar-refractivity contribution is 5.12. The third-order valence-corrected chi connectivity index (χ3v) is 2.40. The van der Waals surface area contributed by atoms with Gasteiger partial charge in [0.25, 0.3) is 0 Å². The van der Waals surface area contributed by atoms with E-state index in [1.807, 2.05) is 13.1 Å². The van der Waals surface area contributed by atoms with Crippen molar-refractivity contribution in [2.24, 2.45) is 7.05 Å². The molecular formula is C12H18N4O2. The number of aryl methyl sites for hydroxylation is 1. The number of hydrogen-bond donors (Lipinski definition) is 1. The summed E-state index contributed by atoms with van der Waals surface area (Å²) in [6.07, 6.45) is 4.58. The van der Waals surface area contributed by atoms with Crippen LogP contribution in [-0.2, 0) is 20.2 Å². The topological polar surface area (TPSA) is 65.1 Å². The van der Waals surface area contributed by atoms with Crippen molar-refractivity contribution in [3.63, 3.8) is 0 Å². The zero-order chi connectivity index (χ0) is 12.8. The Bertz CT molecular complexity index is 478. The van der Waals surface area contributed by atoms with Crippen LogP contribution in [0.5, 0.6) is 5.75 Å².